The number of aromatic nitrogens is 1. The van der Waals surface area contributed by atoms with Crippen molar-refractivity contribution in [3.8, 4) is 0 Å². The largest absolute Gasteiger partial charge is 0.405 e. The molecule has 0 unspecified atom stereocenters. The number of allylic oxidation sites excluding steroid dienone is 1. The van der Waals surface area contributed by atoms with E-state index >= 15 is 0 Å². The van der Waals surface area contributed by atoms with Gasteiger partial charge in [-0.05, 0) is 24.4 Å². The summed E-state index contributed by atoms with van der Waals surface area (Å²) in [5.74, 6) is -2.87. The number of rotatable bonds is 3. The molecule has 2 aromatic rings. The number of H-pyrrole nitrogens is 1. The third-order valence-electron chi connectivity index (χ3n) is 2.97. The number of anilines is 1. The number of hydrogen-bond donors (Lipinski definition) is 3. The van der Waals surface area contributed by atoms with Crippen molar-refractivity contribution in [1.29, 1.82) is 0 Å². The highest BCUT2D eigenvalue weighted by molar-refractivity contribution is 6.10. The van der Waals surface area contributed by atoms with Crippen molar-refractivity contribution >= 4 is 24.1 Å². The summed E-state index contributed by atoms with van der Waals surface area (Å²) in [7, 11) is 0. The second kappa shape index (κ2) is 5.62. The number of nitrogens with one attached hydrogen (secondary N) is 1. The van der Waals surface area contributed by atoms with Crippen molar-refractivity contribution in [2.24, 2.45) is 5.73 Å². The van der Waals surface area contributed by atoms with Gasteiger partial charge in [0.05, 0.1) is 11.3 Å². The fourth-order valence-corrected chi connectivity index (χ4v) is 1.92. The van der Waals surface area contributed by atoms with E-state index in [1.165, 1.54) is 24.5 Å². The van der Waals surface area contributed by atoms with Gasteiger partial charge in [0.1, 0.15) is 5.82 Å². The van der Waals surface area contributed by atoms with E-state index in [9.17, 15) is 13.6 Å². The summed E-state index contributed by atoms with van der Waals surface area (Å²) in [5, 5.41) is 0.837. The van der Waals surface area contributed by atoms with E-state index in [0.717, 1.165) is 12.1 Å². The quantitative estimate of drug-likeness (QED) is 0.576. The van der Waals surface area contributed by atoms with Gasteiger partial charge in [-0.2, -0.15) is 0 Å². The molecule has 0 atom stereocenters. The Morgan fingerprint density at radius 1 is 1.33 bits per heavy atom. The first-order valence-corrected chi connectivity index (χ1v) is 6.00. The molecule has 0 aliphatic carbocycles. The van der Waals surface area contributed by atoms with Crippen molar-refractivity contribution in [3.05, 3.63) is 63.9 Å². The van der Waals surface area contributed by atoms with E-state index in [0.29, 0.717) is 10.6 Å². The number of nitrogen functional groups attached to an aromatic ring is 1. The third-order valence-corrected chi connectivity index (χ3v) is 2.97. The zero-order valence-corrected chi connectivity index (χ0v) is 11.0. The number of halogens is 2. The number of aromatic amines is 1. The van der Waals surface area contributed by atoms with Crippen LogP contribution in [0.15, 0.2) is 30.6 Å². The zero-order chi connectivity index (χ0) is 15.6. The van der Waals surface area contributed by atoms with Crippen LogP contribution in [0.3, 0.4) is 0 Å². The molecule has 6 heteroatoms. The van der Waals surface area contributed by atoms with Crippen LogP contribution in [0.25, 0.3) is 12.7 Å². The molecule has 0 aliphatic heterocycles. The summed E-state index contributed by atoms with van der Waals surface area (Å²) in [6.07, 6.45) is 5.61. The molecule has 0 saturated heterocycles. The molecule has 0 bridgehead atoms. The van der Waals surface area contributed by atoms with Crippen molar-refractivity contribution in [2.45, 2.75) is 0 Å². The summed E-state index contributed by atoms with van der Waals surface area (Å²) in [5.41, 5.74) is 9.71. The zero-order valence-electron chi connectivity index (χ0n) is 11.0. The van der Waals surface area contributed by atoms with Crippen LogP contribution in [0.2, 0.25) is 0 Å². The normalized spacial score (nSPS) is 12.2. The number of ketones is 1. The Kier molecular flexibility index (Phi) is 3.89. The Morgan fingerprint density at radius 3 is 2.71 bits per heavy atom. The summed E-state index contributed by atoms with van der Waals surface area (Å²) in [6.45, 7) is 3.71. The number of benzene rings is 1. The first-order chi connectivity index (χ1) is 9.97. The number of nitrogens with two attached hydrogens (primary N) is 2. The molecular weight excluding hydrogens is 276 g/mol. The Morgan fingerprint density at radius 2 is 2.05 bits per heavy atom. The molecule has 2 rings (SSSR count). The molecule has 0 fully saturated rings. The maximum absolute atomic E-state index is 13.9. The molecule has 108 valence electrons. The highest BCUT2D eigenvalue weighted by Gasteiger charge is 2.22. The van der Waals surface area contributed by atoms with Crippen molar-refractivity contribution in [3.63, 3.8) is 0 Å². The second-order valence-corrected chi connectivity index (χ2v) is 4.30. The van der Waals surface area contributed by atoms with Gasteiger partial charge in [-0.3, -0.25) is 4.79 Å². The average Bonchev–Trinajstić information content (AvgIpc) is 2.82. The molecule has 1 aromatic carbocycles. The Hall–Kier alpha value is -2.89. The molecule has 0 radical (unpaired) electrons. The van der Waals surface area contributed by atoms with Gasteiger partial charge in [0.15, 0.2) is 5.82 Å². The van der Waals surface area contributed by atoms with Crippen molar-refractivity contribution in [1.82, 2.24) is 4.98 Å². The summed E-state index contributed by atoms with van der Waals surface area (Å²) in [6, 6.07) is 2.02. The molecule has 1 aromatic heterocycles. The Balaban J connectivity index is 2.68. The topological polar surface area (TPSA) is 84.9 Å². The summed E-state index contributed by atoms with van der Waals surface area (Å²) in [4.78, 5) is 15.1. The van der Waals surface area contributed by atoms with Crippen LogP contribution < -0.4 is 22.0 Å². The molecule has 0 spiro atoms. The van der Waals surface area contributed by atoms with Crippen LogP contribution in [0.5, 0.6) is 0 Å². The lowest BCUT2D eigenvalue weighted by Gasteiger charge is -2.05. The third kappa shape index (κ3) is 2.55. The molecule has 0 saturated carbocycles. The maximum atomic E-state index is 13.9. The fraction of sp³-hybridized carbons (Fsp3) is 0. The average molecular weight is 289 g/mol. The molecule has 0 amide bonds. The van der Waals surface area contributed by atoms with Gasteiger partial charge in [-0.15, -0.1) is 0 Å². The van der Waals surface area contributed by atoms with Crippen LogP contribution in [-0.2, 0) is 0 Å². The first-order valence-electron chi connectivity index (χ1n) is 6.00. The molecule has 1 heterocycles. The standard InChI is InChI=1S/C15H13F2N3O/c1-8-9(3-2-6-18)10(7-20-8)15(21)13-11(16)4-5-12(19)14(13)17/h2-7,20H,1,18-19H2/b6-2-,9-3+. The van der Waals surface area contributed by atoms with Crippen LogP contribution in [0, 0.1) is 11.6 Å². The van der Waals surface area contributed by atoms with Crippen LogP contribution in [0.4, 0.5) is 14.5 Å². The first kappa shape index (κ1) is 14.5. The highest BCUT2D eigenvalue weighted by Crippen LogP contribution is 2.20. The molecule has 5 N–H and O–H groups in total. The summed E-state index contributed by atoms with van der Waals surface area (Å²) < 4.78 is 27.7. The molecule has 4 nitrogen and oxygen atoms in total. The minimum atomic E-state index is -1.08. The minimum Gasteiger partial charge on any atom is -0.405 e. The van der Waals surface area contributed by atoms with Gasteiger partial charge in [0.25, 0.3) is 0 Å². The lowest BCUT2D eigenvalue weighted by molar-refractivity contribution is 0.103. The molecule has 0 aliphatic rings. The van der Waals surface area contributed by atoms with E-state index < -0.39 is 23.0 Å². The Labute approximate surface area is 119 Å². The van der Waals surface area contributed by atoms with Crippen molar-refractivity contribution in [2.75, 3.05) is 5.73 Å². The predicted octanol–water partition coefficient (Wildman–Crippen LogP) is 0.769. The number of carbonyl (C=O) groups is 1. The van der Waals surface area contributed by atoms with Gasteiger partial charge >= 0.3 is 0 Å². The minimum absolute atomic E-state index is 0.0847. The highest BCUT2D eigenvalue weighted by atomic mass is 19.1. The smallest absolute Gasteiger partial charge is 0.201 e. The van der Waals surface area contributed by atoms with Crippen LogP contribution in [-0.4, -0.2) is 10.8 Å². The van der Waals surface area contributed by atoms with Gasteiger partial charge < -0.3 is 16.5 Å². The van der Waals surface area contributed by atoms with E-state index in [1.54, 1.807) is 0 Å². The lowest BCUT2D eigenvalue weighted by Crippen LogP contribution is -2.26. The van der Waals surface area contributed by atoms with E-state index in [-0.39, 0.29) is 11.3 Å². The van der Waals surface area contributed by atoms with Gasteiger partial charge in [-0.1, -0.05) is 12.7 Å². The monoisotopic (exact) mass is 289 g/mol. The van der Waals surface area contributed by atoms with Crippen LogP contribution in [0.1, 0.15) is 15.9 Å². The van der Waals surface area contributed by atoms with Gasteiger partial charge in [-0.25, -0.2) is 8.78 Å². The molecular formula is C15H13F2N3O. The maximum Gasteiger partial charge on any atom is 0.201 e. The SMILES string of the molecule is C=c1[nH]cc(C(=O)c2c(F)ccc(N)c2F)/c1=C/C=C\N. The number of carbonyl (C=O) groups excluding carboxylic acids is 1. The van der Waals surface area contributed by atoms with Gasteiger partial charge in [0, 0.05) is 22.3 Å². The number of hydrogen-bond acceptors (Lipinski definition) is 3. The predicted molar refractivity (Wildman–Crippen MR) is 77.6 cm³/mol. The van der Waals surface area contributed by atoms with Gasteiger partial charge in [0.2, 0.25) is 5.78 Å². The van der Waals surface area contributed by atoms with Crippen LogP contribution >= 0.6 is 0 Å². The van der Waals surface area contributed by atoms with E-state index in [1.807, 2.05) is 0 Å². The second-order valence-electron chi connectivity index (χ2n) is 4.30. The Bertz CT molecular complexity index is 837. The van der Waals surface area contributed by atoms with E-state index in [2.05, 4.69) is 11.6 Å². The molecule has 21 heavy (non-hydrogen) atoms. The van der Waals surface area contributed by atoms with E-state index in [4.69, 9.17) is 11.5 Å². The fourth-order valence-electron chi connectivity index (χ4n) is 1.92. The lowest BCUT2D eigenvalue weighted by atomic mass is 10.0. The summed E-state index contributed by atoms with van der Waals surface area (Å²) >= 11 is 0. The van der Waals surface area contributed by atoms with Crippen molar-refractivity contribution < 1.29 is 13.6 Å².